The maximum absolute atomic E-state index is 12.2. The summed E-state index contributed by atoms with van der Waals surface area (Å²) in [5, 5.41) is 9.19. The maximum Gasteiger partial charge on any atom is 0.172 e. The second-order valence-corrected chi connectivity index (χ2v) is 7.81. The van der Waals surface area contributed by atoms with Crippen LogP contribution in [0.2, 0.25) is 0 Å². The van der Waals surface area contributed by atoms with Gasteiger partial charge in [0, 0.05) is 23.4 Å². The monoisotopic (exact) mass is 361 g/mol. The van der Waals surface area contributed by atoms with Crippen molar-refractivity contribution >= 4 is 17.1 Å². The number of nitrogens with two attached hydrogens (primary N) is 1. The minimum absolute atomic E-state index is 0.0346. The molecule has 0 saturated heterocycles. The molecule has 2 aromatic rings. The van der Waals surface area contributed by atoms with Crippen molar-refractivity contribution in [1.29, 1.82) is 0 Å². The average molecular weight is 362 g/mol. The number of rotatable bonds is 11. The van der Waals surface area contributed by atoms with Gasteiger partial charge < -0.3 is 15.6 Å². The SMILES string of the molecule is CC(N)(CO)CCc1ccc(C(=O)CCCOCc2ccccc2)s1. The van der Waals surface area contributed by atoms with Gasteiger partial charge in [-0.3, -0.25) is 4.79 Å². The van der Waals surface area contributed by atoms with E-state index in [1.54, 1.807) is 0 Å². The number of Topliss-reactive ketones (excluding diaryl/α,β-unsaturated/α-hetero) is 1. The summed E-state index contributed by atoms with van der Waals surface area (Å²) in [6, 6.07) is 13.9. The molecule has 0 fully saturated rings. The van der Waals surface area contributed by atoms with Crippen LogP contribution in [-0.2, 0) is 17.8 Å². The van der Waals surface area contributed by atoms with Gasteiger partial charge in [-0.15, -0.1) is 11.3 Å². The number of aryl methyl sites for hydroxylation is 1. The molecular formula is C20H27NO3S. The van der Waals surface area contributed by atoms with Crippen molar-refractivity contribution in [3.63, 3.8) is 0 Å². The Morgan fingerprint density at radius 1 is 1.24 bits per heavy atom. The zero-order chi connectivity index (χ0) is 18.1. The molecule has 0 bridgehead atoms. The van der Waals surface area contributed by atoms with Gasteiger partial charge >= 0.3 is 0 Å². The summed E-state index contributed by atoms with van der Waals surface area (Å²) < 4.78 is 5.61. The summed E-state index contributed by atoms with van der Waals surface area (Å²) >= 11 is 1.53. The van der Waals surface area contributed by atoms with E-state index in [9.17, 15) is 9.90 Å². The van der Waals surface area contributed by atoms with Crippen LogP contribution < -0.4 is 5.73 Å². The summed E-state index contributed by atoms with van der Waals surface area (Å²) in [6.45, 7) is 2.97. The van der Waals surface area contributed by atoms with Gasteiger partial charge in [-0.05, 0) is 43.9 Å². The van der Waals surface area contributed by atoms with Crippen LogP contribution >= 0.6 is 11.3 Å². The molecule has 5 heteroatoms. The highest BCUT2D eigenvalue weighted by molar-refractivity contribution is 7.14. The van der Waals surface area contributed by atoms with Crippen LogP contribution in [0, 0.1) is 0 Å². The van der Waals surface area contributed by atoms with Crippen LogP contribution in [0.15, 0.2) is 42.5 Å². The van der Waals surface area contributed by atoms with E-state index in [0.29, 0.717) is 26.1 Å². The second-order valence-electron chi connectivity index (χ2n) is 6.64. The van der Waals surface area contributed by atoms with E-state index in [2.05, 4.69) is 0 Å². The Kier molecular flexibility index (Phi) is 7.78. The Labute approximate surface area is 153 Å². The largest absolute Gasteiger partial charge is 0.394 e. The fourth-order valence-corrected chi connectivity index (χ4v) is 3.35. The summed E-state index contributed by atoms with van der Waals surface area (Å²) in [6.07, 6.45) is 2.71. The molecule has 1 heterocycles. The van der Waals surface area contributed by atoms with E-state index in [4.69, 9.17) is 10.5 Å². The molecule has 3 N–H and O–H groups in total. The first kappa shape index (κ1) is 19.8. The highest BCUT2D eigenvalue weighted by atomic mass is 32.1. The lowest BCUT2D eigenvalue weighted by atomic mass is 9.98. The molecule has 0 radical (unpaired) electrons. The van der Waals surface area contributed by atoms with Gasteiger partial charge in [0.25, 0.3) is 0 Å². The Hall–Kier alpha value is -1.53. The smallest absolute Gasteiger partial charge is 0.172 e. The second kappa shape index (κ2) is 9.82. The molecule has 1 unspecified atom stereocenters. The fraction of sp³-hybridized carbons (Fsp3) is 0.450. The zero-order valence-corrected chi connectivity index (χ0v) is 15.6. The normalized spacial score (nSPS) is 13.6. The van der Waals surface area contributed by atoms with E-state index in [1.807, 2.05) is 49.4 Å². The van der Waals surface area contributed by atoms with E-state index < -0.39 is 5.54 Å². The van der Waals surface area contributed by atoms with E-state index in [-0.39, 0.29) is 12.4 Å². The fourth-order valence-electron chi connectivity index (χ4n) is 2.37. The van der Waals surface area contributed by atoms with E-state index in [0.717, 1.165) is 28.2 Å². The standard InChI is InChI=1S/C20H27NO3S/c1-20(21,15-22)12-11-17-9-10-19(25-17)18(23)8-5-13-24-14-16-6-3-2-4-7-16/h2-4,6-7,9-10,22H,5,8,11-15,21H2,1H3. The molecule has 0 saturated carbocycles. The number of thiophene rings is 1. The summed E-state index contributed by atoms with van der Waals surface area (Å²) in [4.78, 5) is 14.2. The number of ketones is 1. The molecule has 2 rings (SSSR count). The predicted molar refractivity (Wildman–Crippen MR) is 102 cm³/mol. The third kappa shape index (κ3) is 7.08. The lowest BCUT2D eigenvalue weighted by Gasteiger charge is -2.20. The average Bonchev–Trinajstić information content (AvgIpc) is 3.10. The number of ether oxygens (including phenoxy) is 1. The first-order chi connectivity index (χ1) is 12.0. The maximum atomic E-state index is 12.2. The summed E-state index contributed by atoms with van der Waals surface area (Å²) in [7, 11) is 0. The Morgan fingerprint density at radius 2 is 2.00 bits per heavy atom. The van der Waals surface area contributed by atoms with Gasteiger partial charge in [-0.1, -0.05) is 30.3 Å². The molecule has 4 nitrogen and oxygen atoms in total. The molecule has 1 aromatic heterocycles. The summed E-state index contributed by atoms with van der Waals surface area (Å²) in [5.74, 6) is 0.164. The number of carbonyl (C=O) groups excluding carboxylic acids is 1. The number of aliphatic hydroxyl groups excluding tert-OH is 1. The van der Waals surface area contributed by atoms with Crippen LogP contribution in [0.25, 0.3) is 0 Å². The van der Waals surface area contributed by atoms with Gasteiger partial charge in [0.1, 0.15) is 0 Å². The zero-order valence-electron chi connectivity index (χ0n) is 14.7. The Morgan fingerprint density at radius 3 is 2.72 bits per heavy atom. The number of aliphatic hydroxyl groups is 1. The first-order valence-electron chi connectivity index (χ1n) is 8.63. The third-order valence-corrected chi connectivity index (χ3v) is 5.23. The van der Waals surface area contributed by atoms with Gasteiger partial charge in [0.05, 0.1) is 18.1 Å². The van der Waals surface area contributed by atoms with Crippen molar-refractivity contribution in [2.45, 2.75) is 44.8 Å². The van der Waals surface area contributed by atoms with Crippen molar-refractivity contribution in [2.24, 2.45) is 5.73 Å². The minimum atomic E-state index is -0.565. The molecule has 25 heavy (non-hydrogen) atoms. The van der Waals surface area contributed by atoms with Crippen molar-refractivity contribution in [3.05, 3.63) is 57.8 Å². The van der Waals surface area contributed by atoms with Gasteiger partial charge in [-0.25, -0.2) is 0 Å². The number of carbonyl (C=O) groups is 1. The van der Waals surface area contributed by atoms with Gasteiger partial charge in [-0.2, -0.15) is 0 Å². The van der Waals surface area contributed by atoms with Gasteiger partial charge in [0.2, 0.25) is 0 Å². The van der Waals surface area contributed by atoms with Crippen molar-refractivity contribution in [2.75, 3.05) is 13.2 Å². The van der Waals surface area contributed by atoms with Crippen molar-refractivity contribution in [3.8, 4) is 0 Å². The number of hydrogen-bond donors (Lipinski definition) is 2. The van der Waals surface area contributed by atoms with Crippen molar-refractivity contribution in [1.82, 2.24) is 0 Å². The summed E-state index contributed by atoms with van der Waals surface area (Å²) in [5.41, 5.74) is 6.52. The predicted octanol–water partition coefficient (Wildman–Crippen LogP) is 3.57. The highest BCUT2D eigenvalue weighted by Crippen LogP contribution is 2.22. The molecule has 0 spiro atoms. The Bertz CT molecular complexity index is 652. The lowest BCUT2D eigenvalue weighted by molar-refractivity contribution is 0.0922. The van der Waals surface area contributed by atoms with Crippen LogP contribution in [-0.4, -0.2) is 29.6 Å². The first-order valence-corrected chi connectivity index (χ1v) is 9.45. The molecule has 136 valence electrons. The molecule has 0 amide bonds. The molecular weight excluding hydrogens is 334 g/mol. The lowest BCUT2D eigenvalue weighted by Crippen LogP contribution is -2.40. The van der Waals surface area contributed by atoms with Gasteiger partial charge in [0.15, 0.2) is 5.78 Å². The molecule has 0 aliphatic rings. The van der Waals surface area contributed by atoms with Crippen LogP contribution in [0.5, 0.6) is 0 Å². The molecule has 0 aliphatic carbocycles. The molecule has 0 aliphatic heterocycles. The quantitative estimate of drug-likeness (QED) is 0.474. The van der Waals surface area contributed by atoms with Crippen molar-refractivity contribution < 1.29 is 14.6 Å². The Balaban J connectivity index is 1.67. The highest BCUT2D eigenvalue weighted by Gasteiger charge is 2.17. The number of hydrogen-bond acceptors (Lipinski definition) is 5. The van der Waals surface area contributed by atoms with E-state index in [1.165, 1.54) is 11.3 Å². The minimum Gasteiger partial charge on any atom is -0.394 e. The van der Waals surface area contributed by atoms with Crippen LogP contribution in [0.4, 0.5) is 0 Å². The van der Waals surface area contributed by atoms with Crippen LogP contribution in [0.3, 0.4) is 0 Å². The number of benzene rings is 1. The third-order valence-electron chi connectivity index (χ3n) is 4.04. The molecule has 1 aromatic carbocycles. The van der Waals surface area contributed by atoms with E-state index >= 15 is 0 Å². The molecule has 1 atom stereocenters. The van der Waals surface area contributed by atoms with Crippen LogP contribution in [0.1, 0.15) is 46.3 Å². The topological polar surface area (TPSA) is 72.5 Å².